The van der Waals surface area contributed by atoms with Crippen molar-refractivity contribution in [2.24, 2.45) is 4.99 Å². The number of hydrogen-bond acceptors (Lipinski definition) is 3. The maximum atomic E-state index is 14.8. The Morgan fingerprint density at radius 3 is 2.29 bits per heavy atom. The number of fused-ring (bicyclic) bond motifs is 1. The largest absolute Gasteiger partial charge is 0.416 e. The van der Waals surface area contributed by atoms with Gasteiger partial charge in [0.25, 0.3) is 10.0 Å². The number of anilines is 1. The molecule has 0 amide bonds. The van der Waals surface area contributed by atoms with Crippen molar-refractivity contribution in [1.29, 1.82) is 0 Å². The standard InChI is InChI=1S/C22H15ClF5N3O2S/c23-16-8-4-2-5-12(16)9-14-19(25)17(24)10-18-20(14)30-21(31-34(18,32)33)29-11-13-6-1-3-7-15(13)22(26,27)28/h1-8,10H,9,11H2,(H2,29,30,31). The molecular formula is C22H15ClF5N3O2S. The maximum absolute atomic E-state index is 14.8. The first-order valence-corrected chi connectivity index (χ1v) is 11.6. The van der Waals surface area contributed by atoms with Gasteiger partial charge in [0.05, 0.1) is 17.8 Å². The highest BCUT2D eigenvalue weighted by atomic mass is 35.5. The first kappa shape index (κ1) is 24.0. The summed E-state index contributed by atoms with van der Waals surface area (Å²) in [5.74, 6) is -3.10. The maximum Gasteiger partial charge on any atom is 0.416 e. The van der Waals surface area contributed by atoms with E-state index in [9.17, 15) is 30.4 Å². The molecule has 0 radical (unpaired) electrons. The molecule has 0 aromatic heterocycles. The predicted molar refractivity (Wildman–Crippen MR) is 117 cm³/mol. The van der Waals surface area contributed by atoms with Crippen LogP contribution in [0.5, 0.6) is 0 Å². The van der Waals surface area contributed by atoms with Crippen molar-refractivity contribution in [3.8, 4) is 0 Å². The highest BCUT2D eigenvalue weighted by molar-refractivity contribution is 7.90. The molecule has 0 unspecified atom stereocenters. The Labute approximate surface area is 196 Å². The van der Waals surface area contributed by atoms with E-state index in [0.29, 0.717) is 11.6 Å². The van der Waals surface area contributed by atoms with Gasteiger partial charge in [0.1, 0.15) is 4.90 Å². The van der Waals surface area contributed by atoms with E-state index in [1.165, 1.54) is 24.3 Å². The van der Waals surface area contributed by atoms with Crippen LogP contribution in [0.15, 0.2) is 64.5 Å². The van der Waals surface area contributed by atoms with E-state index >= 15 is 0 Å². The second kappa shape index (κ2) is 8.88. The lowest BCUT2D eigenvalue weighted by atomic mass is 10.0. The average Bonchev–Trinajstić information content (AvgIpc) is 2.77. The van der Waals surface area contributed by atoms with Crippen LogP contribution in [0.25, 0.3) is 0 Å². The van der Waals surface area contributed by atoms with Crippen molar-refractivity contribution in [1.82, 2.24) is 4.72 Å². The minimum absolute atomic E-state index is 0.198. The summed E-state index contributed by atoms with van der Waals surface area (Å²) in [4.78, 5) is 3.35. The molecule has 1 aliphatic rings. The minimum atomic E-state index is -4.63. The molecule has 3 aromatic carbocycles. The van der Waals surface area contributed by atoms with Gasteiger partial charge >= 0.3 is 6.18 Å². The van der Waals surface area contributed by atoms with Crippen molar-refractivity contribution >= 4 is 33.3 Å². The SMILES string of the molecule is O=S1(=O)NC(=NCc2ccccc2C(F)(F)F)Nc2c1cc(F)c(F)c2Cc1ccccc1Cl. The van der Waals surface area contributed by atoms with E-state index < -0.39 is 50.8 Å². The molecule has 0 fully saturated rings. The minimum Gasteiger partial charge on any atom is -0.324 e. The Bertz CT molecular complexity index is 1410. The zero-order valence-corrected chi connectivity index (χ0v) is 18.6. The number of guanidine groups is 1. The number of nitrogens with one attached hydrogen (secondary N) is 2. The fraction of sp³-hybridized carbons (Fsp3) is 0.136. The molecule has 2 N–H and O–H groups in total. The summed E-state index contributed by atoms with van der Waals surface area (Å²) >= 11 is 6.12. The van der Waals surface area contributed by atoms with E-state index in [1.54, 1.807) is 18.2 Å². The van der Waals surface area contributed by atoms with Crippen LogP contribution in [0.1, 0.15) is 22.3 Å². The number of nitrogens with zero attached hydrogens (tertiary/aromatic N) is 1. The summed E-state index contributed by atoms with van der Waals surface area (Å²) < 4.78 is 96.3. The molecule has 0 spiro atoms. The van der Waals surface area contributed by atoms with Crippen LogP contribution < -0.4 is 10.0 Å². The lowest BCUT2D eigenvalue weighted by Crippen LogP contribution is -2.41. The van der Waals surface area contributed by atoms with Gasteiger partial charge in [-0.2, -0.15) is 13.2 Å². The molecule has 0 atom stereocenters. The van der Waals surface area contributed by atoms with E-state index in [4.69, 9.17) is 11.6 Å². The average molecular weight is 516 g/mol. The lowest BCUT2D eigenvalue weighted by molar-refractivity contribution is -0.138. The zero-order valence-electron chi connectivity index (χ0n) is 17.1. The molecule has 0 bridgehead atoms. The molecule has 1 aliphatic heterocycles. The van der Waals surface area contributed by atoms with Crippen molar-refractivity contribution < 1.29 is 30.4 Å². The van der Waals surface area contributed by atoms with Crippen LogP contribution in [-0.2, 0) is 29.2 Å². The summed E-state index contributed by atoms with van der Waals surface area (Å²) in [7, 11) is -4.40. The third-order valence-corrected chi connectivity index (χ3v) is 6.83. The lowest BCUT2D eigenvalue weighted by Gasteiger charge is -2.25. The number of benzene rings is 3. The van der Waals surface area contributed by atoms with Gasteiger partial charge in [0.2, 0.25) is 5.96 Å². The van der Waals surface area contributed by atoms with E-state index in [0.717, 1.165) is 6.07 Å². The topological polar surface area (TPSA) is 70.6 Å². The van der Waals surface area contributed by atoms with Crippen LogP contribution >= 0.6 is 11.6 Å². The number of sulfonamides is 1. The van der Waals surface area contributed by atoms with E-state index in [2.05, 4.69) is 10.3 Å². The van der Waals surface area contributed by atoms with Gasteiger partial charge in [-0.15, -0.1) is 0 Å². The Balaban J connectivity index is 1.76. The fourth-order valence-electron chi connectivity index (χ4n) is 3.50. The van der Waals surface area contributed by atoms with Crippen molar-refractivity contribution in [3.05, 3.63) is 93.5 Å². The van der Waals surface area contributed by atoms with Gasteiger partial charge in [-0.1, -0.05) is 48.0 Å². The van der Waals surface area contributed by atoms with Gasteiger partial charge in [-0.25, -0.2) is 26.9 Å². The van der Waals surface area contributed by atoms with Gasteiger partial charge in [-0.3, -0.25) is 0 Å². The fourth-order valence-corrected chi connectivity index (χ4v) is 4.88. The number of halogens is 6. The van der Waals surface area contributed by atoms with Crippen molar-refractivity contribution in [3.63, 3.8) is 0 Å². The van der Waals surface area contributed by atoms with Crippen molar-refractivity contribution in [2.75, 3.05) is 5.32 Å². The number of alkyl halides is 3. The molecular weight excluding hydrogens is 501 g/mol. The Hall–Kier alpha value is -3.18. The van der Waals surface area contributed by atoms with Gasteiger partial charge in [-0.05, 0) is 29.3 Å². The number of aliphatic imine (C=N–C) groups is 1. The smallest absolute Gasteiger partial charge is 0.324 e. The summed E-state index contributed by atoms with van der Waals surface area (Å²) in [6.45, 7) is -0.528. The first-order valence-electron chi connectivity index (χ1n) is 9.71. The number of hydrogen-bond donors (Lipinski definition) is 2. The molecule has 12 heteroatoms. The van der Waals surface area contributed by atoms with Gasteiger partial charge in [0, 0.05) is 17.0 Å². The molecule has 0 aliphatic carbocycles. The second-order valence-corrected chi connectivity index (χ2v) is 9.40. The Morgan fingerprint density at radius 2 is 1.62 bits per heavy atom. The Morgan fingerprint density at radius 1 is 0.971 bits per heavy atom. The summed E-state index contributed by atoms with van der Waals surface area (Å²) in [6, 6.07) is 11.6. The van der Waals surface area contributed by atoms with Crippen molar-refractivity contribution in [2.45, 2.75) is 24.0 Å². The van der Waals surface area contributed by atoms with Crippen LogP contribution in [0.4, 0.5) is 27.6 Å². The third kappa shape index (κ3) is 4.71. The molecule has 3 aromatic rings. The van der Waals surface area contributed by atoms with E-state index in [-0.39, 0.29) is 28.3 Å². The molecule has 0 saturated carbocycles. The summed E-state index contributed by atoms with van der Waals surface area (Å²) in [5.41, 5.74) is -1.31. The third-order valence-electron chi connectivity index (χ3n) is 5.10. The molecule has 34 heavy (non-hydrogen) atoms. The summed E-state index contributed by atoms with van der Waals surface area (Å²) in [6.07, 6.45) is -4.88. The van der Waals surface area contributed by atoms with Crippen LogP contribution in [0.2, 0.25) is 5.02 Å². The monoisotopic (exact) mass is 515 g/mol. The predicted octanol–water partition coefficient (Wildman–Crippen LogP) is 5.49. The molecule has 1 heterocycles. The highest BCUT2D eigenvalue weighted by Crippen LogP contribution is 2.35. The van der Waals surface area contributed by atoms with Crippen LogP contribution in [0.3, 0.4) is 0 Å². The van der Waals surface area contributed by atoms with E-state index in [1.807, 2.05) is 4.72 Å². The van der Waals surface area contributed by atoms with Gasteiger partial charge in [0.15, 0.2) is 11.6 Å². The second-order valence-electron chi connectivity index (χ2n) is 7.34. The molecule has 4 rings (SSSR count). The zero-order chi connectivity index (χ0) is 24.7. The van der Waals surface area contributed by atoms with Crippen LogP contribution in [0, 0.1) is 11.6 Å². The Kier molecular flexibility index (Phi) is 6.26. The molecule has 178 valence electrons. The quantitative estimate of drug-likeness (QED) is 0.452. The van der Waals surface area contributed by atoms with Gasteiger partial charge < -0.3 is 5.32 Å². The van der Waals surface area contributed by atoms with Crippen LogP contribution in [-0.4, -0.2) is 14.4 Å². The molecule has 5 nitrogen and oxygen atoms in total. The first-order chi connectivity index (χ1) is 16.0. The normalized spacial score (nSPS) is 16.0. The summed E-state index contributed by atoms with van der Waals surface area (Å²) in [5, 5.41) is 2.84. The highest BCUT2D eigenvalue weighted by Gasteiger charge is 2.34. The molecule has 0 saturated heterocycles. The number of rotatable bonds is 4.